The van der Waals surface area contributed by atoms with E-state index in [0.717, 1.165) is 21.6 Å². The van der Waals surface area contributed by atoms with Gasteiger partial charge in [-0.1, -0.05) is 96.0 Å². The Bertz CT molecular complexity index is 1920. The minimum absolute atomic E-state index is 0.0829. The quantitative estimate of drug-likeness (QED) is 0.0974. The lowest BCUT2D eigenvalue weighted by atomic mass is 10.1. The van der Waals surface area contributed by atoms with Gasteiger partial charge in [-0.2, -0.15) is 0 Å². The number of benzene rings is 5. The molecule has 3 N–H and O–H groups in total. The van der Waals surface area contributed by atoms with Crippen LogP contribution in [0, 0.1) is 6.92 Å². The molecule has 5 rings (SSSR count). The van der Waals surface area contributed by atoms with Crippen molar-refractivity contribution in [1.29, 1.82) is 0 Å². The summed E-state index contributed by atoms with van der Waals surface area (Å²) in [5.41, 5.74) is 4.03. The van der Waals surface area contributed by atoms with Gasteiger partial charge < -0.3 is 20.7 Å². The average Bonchev–Trinajstić information content (AvgIpc) is 3.08. The molecule has 3 amide bonds. The van der Waals surface area contributed by atoms with Gasteiger partial charge in [-0.05, 0) is 72.7 Å². The zero-order chi connectivity index (χ0) is 33.2. The van der Waals surface area contributed by atoms with Gasteiger partial charge in [0.05, 0.1) is 12.8 Å². The molecule has 0 aliphatic carbocycles. The van der Waals surface area contributed by atoms with Gasteiger partial charge in [0.1, 0.15) is 16.7 Å². The van der Waals surface area contributed by atoms with Crippen LogP contribution >= 0.6 is 23.4 Å². The van der Waals surface area contributed by atoms with Crippen LogP contribution in [0.2, 0.25) is 5.02 Å². The highest BCUT2D eigenvalue weighted by atomic mass is 35.5. The van der Waals surface area contributed by atoms with Crippen LogP contribution in [0.15, 0.2) is 138 Å². The zero-order valence-corrected chi connectivity index (χ0v) is 27.3. The van der Waals surface area contributed by atoms with Gasteiger partial charge in [-0.15, -0.1) is 11.8 Å². The van der Waals surface area contributed by atoms with E-state index < -0.39 is 17.1 Å². The largest absolute Gasteiger partial charge is 0.495 e. The first-order chi connectivity index (χ1) is 22.8. The summed E-state index contributed by atoms with van der Waals surface area (Å²) in [4.78, 5) is 41.1. The van der Waals surface area contributed by atoms with Crippen molar-refractivity contribution >= 4 is 58.5 Å². The van der Waals surface area contributed by atoms with Crippen LogP contribution in [-0.2, 0) is 9.59 Å². The Morgan fingerprint density at radius 3 is 2.23 bits per heavy atom. The Balaban J connectivity index is 1.39. The van der Waals surface area contributed by atoms with E-state index in [1.807, 2.05) is 73.7 Å². The topological polar surface area (TPSA) is 96.5 Å². The first-order valence-corrected chi connectivity index (χ1v) is 16.0. The maximum Gasteiger partial charge on any atom is 0.272 e. The Morgan fingerprint density at radius 1 is 0.787 bits per heavy atom. The average molecular weight is 662 g/mol. The van der Waals surface area contributed by atoms with Crippen molar-refractivity contribution in [2.45, 2.75) is 17.1 Å². The summed E-state index contributed by atoms with van der Waals surface area (Å²) in [6, 6.07) is 37.9. The van der Waals surface area contributed by atoms with Crippen molar-refractivity contribution in [2.24, 2.45) is 0 Å². The lowest BCUT2D eigenvalue weighted by Gasteiger charge is -2.19. The molecule has 5 aromatic rings. The molecule has 0 heterocycles. The number of anilines is 2. The van der Waals surface area contributed by atoms with Crippen molar-refractivity contribution in [2.75, 3.05) is 17.7 Å². The van der Waals surface area contributed by atoms with Crippen LogP contribution in [0.4, 0.5) is 11.4 Å². The number of aryl methyl sites for hydroxylation is 1. The smallest absolute Gasteiger partial charge is 0.272 e. The van der Waals surface area contributed by atoms with Crippen molar-refractivity contribution in [3.8, 4) is 5.75 Å². The SMILES string of the molecule is COc1ccc(Cl)cc1NC(=O)C(Sc1cccc(NC(=O)/C(=C\c2cccc(C)c2)NC(=O)c2ccccc2)c1)c1ccccc1. The first kappa shape index (κ1) is 33.1. The molecule has 0 radical (unpaired) electrons. The lowest BCUT2D eigenvalue weighted by molar-refractivity contribution is -0.116. The molecule has 0 saturated heterocycles. The molecule has 0 aliphatic rings. The minimum atomic E-state index is -0.646. The second kappa shape index (κ2) is 15.8. The van der Waals surface area contributed by atoms with E-state index in [1.165, 1.54) is 18.9 Å². The van der Waals surface area contributed by atoms with Gasteiger partial charge in [0.2, 0.25) is 5.91 Å². The number of methoxy groups -OCH3 is 1. The van der Waals surface area contributed by atoms with E-state index in [2.05, 4.69) is 16.0 Å². The molecule has 5 aromatic carbocycles. The van der Waals surface area contributed by atoms with Gasteiger partial charge in [-0.25, -0.2) is 0 Å². The fourth-order valence-electron chi connectivity index (χ4n) is 4.73. The van der Waals surface area contributed by atoms with Gasteiger partial charge in [0.15, 0.2) is 0 Å². The predicted octanol–water partition coefficient (Wildman–Crippen LogP) is 8.54. The fraction of sp³-hybridized carbons (Fsp3) is 0.0789. The third kappa shape index (κ3) is 9.13. The molecule has 0 aliphatic heterocycles. The summed E-state index contributed by atoms with van der Waals surface area (Å²) in [5, 5.41) is 8.46. The number of carbonyl (C=O) groups excluding carboxylic acids is 3. The standard InChI is InChI=1S/C38H32ClN3O4S/c1-25-11-9-12-26(21-25)22-33(42-36(43)28-15-7-4-8-16-28)37(44)40-30-17-10-18-31(24-30)47-35(27-13-5-3-6-14-27)38(45)41-32-23-29(39)19-20-34(32)46-2/h3-24,35H,1-2H3,(H,40,44)(H,41,45)(H,42,43)/b33-22+. The molecule has 0 spiro atoms. The second-order valence-electron chi connectivity index (χ2n) is 10.5. The van der Waals surface area contributed by atoms with Gasteiger partial charge in [0, 0.05) is 21.2 Å². The van der Waals surface area contributed by atoms with E-state index in [0.29, 0.717) is 27.7 Å². The fourth-order valence-corrected chi connectivity index (χ4v) is 5.98. The Kier molecular flexibility index (Phi) is 11.1. The zero-order valence-electron chi connectivity index (χ0n) is 25.7. The monoisotopic (exact) mass is 661 g/mol. The summed E-state index contributed by atoms with van der Waals surface area (Å²) in [6.07, 6.45) is 1.64. The highest BCUT2D eigenvalue weighted by Gasteiger charge is 2.24. The molecule has 0 saturated carbocycles. The van der Waals surface area contributed by atoms with Crippen LogP contribution in [0.5, 0.6) is 5.75 Å². The normalized spacial score (nSPS) is 11.7. The first-order valence-electron chi connectivity index (χ1n) is 14.7. The molecule has 7 nitrogen and oxygen atoms in total. The van der Waals surface area contributed by atoms with Gasteiger partial charge in [-0.3, -0.25) is 14.4 Å². The van der Waals surface area contributed by atoms with E-state index in [1.54, 1.807) is 66.7 Å². The maximum absolute atomic E-state index is 13.7. The Labute approximate surface area is 283 Å². The number of amides is 3. The summed E-state index contributed by atoms with van der Waals surface area (Å²) >= 11 is 7.53. The number of hydrogen-bond acceptors (Lipinski definition) is 5. The van der Waals surface area contributed by atoms with Crippen molar-refractivity contribution in [3.63, 3.8) is 0 Å². The molecule has 236 valence electrons. The van der Waals surface area contributed by atoms with Crippen LogP contribution in [0.3, 0.4) is 0 Å². The highest BCUT2D eigenvalue weighted by molar-refractivity contribution is 8.00. The molecule has 47 heavy (non-hydrogen) atoms. The number of ether oxygens (including phenoxy) is 1. The summed E-state index contributed by atoms with van der Waals surface area (Å²) in [5.74, 6) is -0.693. The predicted molar refractivity (Wildman–Crippen MR) is 190 cm³/mol. The molecular formula is C38H32ClN3O4S. The number of halogens is 1. The van der Waals surface area contributed by atoms with Crippen LogP contribution in [-0.4, -0.2) is 24.8 Å². The number of rotatable bonds is 11. The highest BCUT2D eigenvalue weighted by Crippen LogP contribution is 2.38. The number of nitrogens with one attached hydrogen (secondary N) is 3. The molecular weight excluding hydrogens is 630 g/mol. The van der Waals surface area contributed by atoms with Crippen molar-refractivity contribution < 1.29 is 19.1 Å². The molecule has 0 bridgehead atoms. The van der Waals surface area contributed by atoms with Gasteiger partial charge >= 0.3 is 0 Å². The molecule has 9 heteroatoms. The molecule has 1 unspecified atom stereocenters. The molecule has 1 atom stereocenters. The summed E-state index contributed by atoms with van der Waals surface area (Å²) in [6.45, 7) is 1.96. The number of carbonyl (C=O) groups is 3. The number of hydrogen-bond donors (Lipinski definition) is 3. The maximum atomic E-state index is 13.7. The van der Waals surface area contributed by atoms with Crippen molar-refractivity contribution in [3.05, 3.63) is 160 Å². The third-order valence-corrected chi connectivity index (χ3v) is 8.47. The third-order valence-electron chi connectivity index (χ3n) is 6.99. The lowest BCUT2D eigenvalue weighted by Crippen LogP contribution is -2.30. The summed E-state index contributed by atoms with van der Waals surface area (Å²) in [7, 11) is 1.52. The Hall–Kier alpha value is -5.31. The Morgan fingerprint density at radius 2 is 1.51 bits per heavy atom. The molecule has 0 aromatic heterocycles. The summed E-state index contributed by atoms with van der Waals surface area (Å²) < 4.78 is 5.42. The van der Waals surface area contributed by atoms with E-state index in [9.17, 15) is 14.4 Å². The van der Waals surface area contributed by atoms with Crippen LogP contribution in [0.25, 0.3) is 6.08 Å². The van der Waals surface area contributed by atoms with E-state index >= 15 is 0 Å². The minimum Gasteiger partial charge on any atom is -0.495 e. The van der Waals surface area contributed by atoms with Gasteiger partial charge in [0.25, 0.3) is 11.8 Å². The van der Waals surface area contributed by atoms with E-state index in [-0.39, 0.29) is 11.6 Å². The van der Waals surface area contributed by atoms with Crippen molar-refractivity contribution in [1.82, 2.24) is 5.32 Å². The second-order valence-corrected chi connectivity index (χ2v) is 12.1. The van der Waals surface area contributed by atoms with E-state index in [4.69, 9.17) is 16.3 Å². The molecule has 0 fully saturated rings. The van der Waals surface area contributed by atoms with Crippen LogP contribution < -0.4 is 20.7 Å². The van der Waals surface area contributed by atoms with Crippen LogP contribution in [0.1, 0.15) is 32.3 Å². The number of thioether (sulfide) groups is 1.